The number of hydrogen-bond donors (Lipinski definition) is 1. The number of thioether (sulfide) groups is 1. The van der Waals surface area contributed by atoms with E-state index in [1.165, 1.54) is 15.3 Å². The molecule has 0 saturated heterocycles. The van der Waals surface area contributed by atoms with Crippen molar-refractivity contribution in [2.24, 2.45) is 0 Å². The van der Waals surface area contributed by atoms with Gasteiger partial charge in [-0.25, -0.2) is 0 Å². The summed E-state index contributed by atoms with van der Waals surface area (Å²) in [7, 11) is 0. The number of hydrogen-bond acceptors (Lipinski definition) is 3. The zero-order valence-electron chi connectivity index (χ0n) is 11.6. The highest BCUT2D eigenvalue weighted by Gasteiger charge is 2.02. The minimum atomic E-state index is 0.142. The van der Waals surface area contributed by atoms with Crippen molar-refractivity contribution in [1.82, 2.24) is 5.32 Å². The fraction of sp³-hybridized carbons (Fsp3) is 0.312. The molecule has 2 nitrogen and oxygen atoms in total. The van der Waals surface area contributed by atoms with Crippen molar-refractivity contribution in [3.8, 4) is 0 Å². The summed E-state index contributed by atoms with van der Waals surface area (Å²) in [5.41, 5.74) is 1.27. The normalized spacial score (nSPS) is 10.4. The van der Waals surface area contributed by atoms with Crippen molar-refractivity contribution >= 4 is 29.0 Å². The third-order valence-electron chi connectivity index (χ3n) is 2.89. The van der Waals surface area contributed by atoms with Crippen LogP contribution in [-0.4, -0.2) is 18.2 Å². The van der Waals surface area contributed by atoms with Gasteiger partial charge in [-0.3, -0.25) is 4.79 Å². The van der Waals surface area contributed by atoms with Gasteiger partial charge in [-0.1, -0.05) is 23.8 Å². The molecule has 0 atom stereocenters. The zero-order chi connectivity index (χ0) is 14.2. The van der Waals surface area contributed by atoms with E-state index in [2.05, 4.69) is 42.6 Å². The van der Waals surface area contributed by atoms with E-state index in [1.54, 1.807) is 23.1 Å². The van der Waals surface area contributed by atoms with Gasteiger partial charge in [0, 0.05) is 28.5 Å². The van der Waals surface area contributed by atoms with E-state index in [0.29, 0.717) is 6.42 Å². The third-order valence-corrected chi connectivity index (χ3v) is 4.84. The molecule has 2 rings (SSSR count). The van der Waals surface area contributed by atoms with Gasteiger partial charge in [0.2, 0.25) is 5.91 Å². The maximum Gasteiger partial charge on any atom is 0.220 e. The van der Waals surface area contributed by atoms with Crippen LogP contribution in [0, 0.1) is 6.92 Å². The van der Waals surface area contributed by atoms with Gasteiger partial charge in [-0.15, -0.1) is 23.1 Å². The SMILES string of the molecule is Cc1ccc(SCCNC(=O)CCc2cccs2)cc1. The lowest BCUT2D eigenvalue weighted by molar-refractivity contribution is -0.120. The molecule has 0 fully saturated rings. The second-order valence-electron chi connectivity index (χ2n) is 4.59. The minimum Gasteiger partial charge on any atom is -0.355 e. The van der Waals surface area contributed by atoms with E-state index in [-0.39, 0.29) is 5.91 Å². The Balaban J connectivity index is 1.58. The molecule has 0 aliphatic heterocycles. The van der Waals surface area contributed by atoms with E-state index in [0.717, 1.165) is 18.7 Å². The monoisotopic (exact) mass is 305 g/mol. The van der Waals surface area contributed by atoms with Crippen LogP contribution in [-0.2, 0) is 11.2 Å². The minimum absolute atomic E-state index is 0.142. The molecule has 1 aromatic heterocycles. The average Bonchev–Trinajstić information content (AvgIpc) is 2.96. The largest absolute Gasteiger partial charge is 0.355 e. The number of rotatable bonds is 7. The maximum atomic E-state index is 11.7. The number of thiophene rings is 1. The molecule has 0 unspecified atom stereocenters. The molecule has 2 aromatic rings. The standard InChI is InChI=1S/C16H19NOS2/c1-13-4-6-15(7-5-13)20-12-10-17-16(18)9-8-14-3-2-11-19-14/h2-7,11H,8-10,12H2,1H3,(H,17,18). The van der Waals surface area contributed by atoms with Gasteiger partial charge in [0.05, 0.1) is 0 Å². The number of aryl methyl sites for hydroxylation is 2. The predicted octanol–water partition coefficient (Wildman–Crippen LogP) is 3.90. The van der Waals surface area contributed by atoms with Crippen molar-refractivity contribution in [2.75, 3.05) is 12.3 Å². The van der Waals surface area contributed by atoms with Crippen molar-refractivity contribution in [2.45, 2.75) is 24.7 Å². The lowest BCUT2D eigenvalue weighted by Crippen LogP contribution is -2.25. The Hall–Kier alpha value is -1.26. The highest BCUT2D eigenvalue weighted by atomic mass is 32.2. The van der Waals surface area contributed by atoms with E-state index in [4.69, 9.17) is 0 Å². The summed E-state index contributed by atoms with van der Waals surface area (Å²) in [5.74, 6) is 1.05. The van der Waals surface area contributed by atoms with Crippen LogP contribution in [0.5, 0.6) is 0 Å². The van der Waals surface area contributed by atoms with Gasteiger partial charge in [-0.2, -0.15) is 0 Å². The predicted molar refractivity (Wildman–Crippen MR) is 87.6 cm³/mol. The second-order valence-corrected chi connectivity index (χ2v) is 6.79. The summed E-state index contributed by atoms with van der Waals surface area (Å²) in [6.45, 7) is 2.81. The molecule has 106 valence electrons. The van der Waals surface area contributed by atoms with Crippen LogP contribution in [0.4, 0.5) is 0 Å². The Morgan fingerprint density at radius 2 is 2.05 bits per heavy atom. The highest BCUT2D eigenvalue weighted by molar-refractivity contribution is 7.99. The summed E-state index contributed by atoms with van der Waals surface area (Å²) in [5, 5.41) is 5.02. The Morgan fingerprint density at radius 3 is 2.75 bits per heavy atom. The molecule has 0 aliphatic carbocycles. The molecule has 1 aromatic carbocycles. The smallest absolute Gasteiger partial charge is 0.220 e. The highest BCUT2D eigenvalue weighted by Crippen LogP contribution is 2.17. The van der Waals surface area contributed by atoms with Crippen molar-refractivity contribution in [1.29, 1.82) is 0 Å². The molecule has 1 heterocycles. The lowest BCUT2D eigenvalue weighted by atomic mass is 10.2. The van der Waals surface area contributed by atoms with E-state index >= 15 is 0 Å². The van der Waals surface area contributed by atoms with Crippen molar-refractivity contribution in [3.05, 3.63) is 52.2 Å². The number of carbonyl (C=O) groups excluding carboxylic acids is 1. The average molecular weight is 305 g/mol. The van der Waals surface area contributed by atoms with Gasteiger partial charge in [0.1, 0.15) is 0 Å². The first-order chi connectivity index (χ1) is 9.74. The fourth-order valence-corrected chi connectivity index (χ4v) is 3.25. The van der Waals surface area contributed by atoms with E-state index in [9.17, 15) is 4.79 Å². The molecule has 0 radical (unpaired) electrons. The first-order valence-corrected chi connectivity index (χ1v) is 8.59. The molecular formula is C16H19NOS2. The Bertz CT molecular complexity index is 520. The maximum absolute atomic E-state index is 11.7. The van der Waals surface area contributed by atoms with Crippen molar-refractivity contribution in [3.63, 3.8) is 0 Å². The Labute approximate surface area is 128 Å². The summed E-state index contributed by atoms with van der Waals surface area (Å²) in [6, 6.07) is 12.6. The third kappa shape index (κ3) is 5.39. The molecule has 0 aliphatic rings. The lowest BCUT2D eigenvalue weighted by Gasteiger charge is -2.05. The van der Waals surface area contributed by atoms with Crippen LogP contribution in [0.2, 0.25) is 0 Å². The summed E-state index contributed by atoms with van der Waals surface area (Å²) in [6.07, 6.45) is 1.42. The van der Waals surface area contributed by atoms with Gasteiger partial charge < -0.3 is 5.32 Å². The molecule has 0 saturated carbocycles. The molecule has 4 heteroatoms. The topological polar surface area (TPSA) is 29.1 Å². The summed E-state index contributed by atoms with van der Waals surface area (Å²) in [4.78, 5) is 14.2. The first kappa shape index (κ1) is 15.1. The van der Waals surface area contributed by atoms with Crippen molar-refractivity contribution < 1.29 is 4.79 Å². The molecule has 1 N–H and O–H groups in total. The first-order valence-electron chi connectivity index (χ1n) is 6.72. The molecule has 0 spiro atoms. The summed E-state index contributed by atoms with van der Waals surface area (Å²) >= 11 is 3.48. The molecule has 0 bridgehead atoms. The van der Waals surface area contributed by atoms with Crippen LogP contribution in [0.15, 0.2) is 46.7 Å². The van der Waals surface area contributed by atoms with Crippen LogP contribution in [0.1, 0.15) is 16.9 Å². The van der Waals surface area contributed by atoms with E-state index < -0.39 is 0 Å². The number of nitrogens with one attached hydrogen (secondary N) is 1. The molecular weight excluding hydrogens is 286 g/mol. The zero-order valence-corrected chi connectivity index (χ0v) is 13.2. The van der Waals surface area contributed by atoms with Crippen LogP contribution >= 0.6 is 23.1 Å². The van der Waals surface area contributed by atoms with Crippen LogP contribution in [0.25, 0.3) is 0 Å². The summed E-state index contributed by atoms with van der Waals surface area (Å²) < 4.78 is 0. The van der Waals surface area contributed by atoms with E-state index in [1.807, 2.05) is 11.4 Å². The van der Waals surface area contributed by atoms with Gasteiger partial charge in [0.25, 0.3) is 0 Å². The number of amides is 1. The Kier molecular flexibility index (Phi) is 6.15. The Morgan fingerprint density at radius 1 is 1.25 bits per heavy atom. The van der Waals surface area contributed by atoms with Gasteiger partial charge in [0.15, 0.2) is 0 Å². The van der Waals surface area contributed by atoms with Gasteiger partial charge in [-0.05, 0) is 36.9 Å². The second kappa shape index (κ2) is 8.12. The molecule has 1 amide bonds. The van der Waals surface area contributed by atoms with Crippen LogP contribution < -0.4 is 5.32 Å². The fourth-order valence-electron chi connectivity index (χ4n) is 1.77. The molecule has 20 heavy (non-hydrogen) atoms. The van der Waals surface area contributed by atoms with Gasteiger partial charge >= 0.3 is 0 Å². The van der Waals surface area contributed by atoms with Crippen LogP contribution in [0.3, 0.4) is 0 Å². The quantitative estimate of drug-likeness (QED) is 0.621. The number of carbonyl (C=O) groups is 1. The number of benzene rings is 1.